The summed E-state index contributed by atoms with van der Waals surface area (Å²) < 4.78 is 5.37. The van der Waals surface area contributed by atoms with Crippen molar-refractivity contribution in [3.63, 3.8) is 0 Å². The highest BCUT2D eigenvalue weighted by Gasteiger charge is 2.24. The van der Waals surface area contributed by atoms with Gasteiger partial charge in [-0.3, -0.25) is 0 Å². The Morgan fingerprint density at radius 1 is 1.40 bits per heavy atom. The van der Waals surface area contributed by atoms with Crippen LogP contribution in [0.1, 0.15) is 18.4 Å². The highest BCUT2D eigenvalue weighted by Crippen LogP contribution is 2.22. The van der Waals surface area contributed by atoms with Gasteiger partial charge in [-0.1, -0.05) is 30.3 Å². The molecule has 1 atom stereocenters. The van der Waals surface area contributed by atoms with Gasteiger partial charge in [-0.2, -0.15) is 11.8 Å². The van der Waals surface area contributed by atoms with Gasteiger partial charge in [0.2, 0.25) is 0 Å². The second-order valence-corrected chi connectivity index (χ2v) is 6.32. The van der Waals surface area contributed by atoms with Gasteiger partial charge in [0, 0.05) is 30.6 Å². The molecule has 1 aliphatic rings. The van der Waals surface area contributed by atoms with Crippen molar-refractivity contribution < 1.29 is 9.53 Å². The van der Waals surface area contributed by atoms with Crippen LogP contribution in [0.15, 0.2) is 30.3 Å². The molecule has 0 radical (unpaired) electrons. The summed E-state index contributed by atoms with van der Waals surface area (Å²) in [5, 5.41) is 0.497. The fraction of sp³-hybridized carbons (Fsp3) is 0.533. The Hall–Kier alpha value is -1.20. The predicted molar refractivity (Wildman–Crippen MR) is 82.7 cm³/mol. The van der Waals surface area contributed by atoms with Crippen LogP contribution in [0.4, 0.5) is 4.79 Å². The Balaban J connectivity index is 1.77. The quantitative estimate of drug-likeness (QED) is 0.906. The van der Waals surface area contributed by atoms with E-state index in [1.165, 1.54) is 0 Å². The number of piperidine rings is 1. The average molecular weight is 294 g/mol. The Labute approximate surface area is 124 Å². The Morgan fingerprint density at radius 2 is 2.20 bits per heavy atom. The highest BCUT2D eigenvalue weighted by atomic mass is 32.2. The molecular weight excluding hydrogens is 272 g/mol. The largest absolute Gasteiger partial charge is 0.445 e. The zero-order chi connectivity index (χ0) is 14.2. The Bertz CT molecular complexity index is 414. The number of hydrogen-bond acceptors (Lipinski definition) is 4. The Morgan fingerprint density at radius 3 is 2.95 bits per heavy atom. The second kappa shape index (κ2) is 8.17. The second-order valence-electron chi connectivity index (χ2n) is 4.91. The van der Waals surface area contributed by atoms with Gasteiger partial charge in [0.15, 0.2) is 0 Å². The maximum absolute atomic E-state index is 12.1. The minimum atomic E-state index is -0.202. The molecule has 0 saturated carbocycles. The first-order valence-corrected chi connectivity index (χ1v) is 8.12. The van der Waals surface area contributed by atoms with Crippen LogP contribution in [0.25, 0.3) is 0 Å². The summed E-state index contributed by atoms with van der Waals surface area (Å²) in [6, 6.07) is 9.77. The van der Waals surface area contributed by atoms with Crippen LogP contribution >= 0.6 is 11.8 Å². The van der Waals surface area contributed by atoms with E-state index in [4.69, 9.17) is 10.5 Å². The molecule has 1 amide bonds. The van der Waals surface area contributed by atoms with Gasteiger partial charge >= 0.3 is 6.09 Å². The average Bonchev–Trinajstić information content (AvgIpc) is 2.52. The summed E-state index contributed by atoms with van der Waals surface area (Å²) in [5.74, 6) is 0.956. The van der Waals surface area contributed by atoms with Crippen molar-refractivity contribution in [2.45, 2.75) is 24.7 Å². The minimum absolute atomic E-state index is 0.202. The Kier molecular flexibility index (Phi) is 6.21. The third kappa shape index (κ3) is 4.72. The van der Waals surface area contributed by atoms with Crippen molar-refractivity contribution in [1.29, 1.82) is 0 Å². The van der Waals surface area contributed by atoms with Crippen LogP contribution in [-0.4, -0.2) is 41.6 Å². The summed E-state index contributed by atoms with van der Waals surface area (Å²) in [7, 11) is 0. The molecule has 20 heavy (non-hydrogen) atoms. The standard InChI is InChI=1S/C15H22N2O2S/c16-8-10-20-14-7-4-9-17(11-14)15(18)19-12-13-5-2-1-3-6-13/h1-3,5-6,14H,4,7-12,16H2/t14-/m1/s1. The molecule has 0 bridgehead atoms. The number of likely N-dealkylation sites (tertiary alicyclic amines) is 1. The molecule has 1 aromatic carbocycles. The summed E-state index contributed by atoms with van der Waals surface area (Å²) in [6.07, 6.45) is 2.00. The number of carbonyl (C=O) groups excluding carboxylic acids is 1. The van der Waals surface area contributed by atoms with Crippen LogP contribution in [0.3, 0.4) is 0 Å². The summed E-state index contributed by atoms with van der Waals surface area (Å²) >= 11 is 1.86. The zero-order valence-electron chi connectivity index (χ0n) is 11.7. The highest BCUT2D eigenvalue weighted by molar-refractivity contribution is 7.99. The number of benzene rings is 1. The lowest BCUT2D eigenvalue weighted by atomic mass is 10.1. The molecular formula is C15H22N2O2S. The number of nitrogens with zero attached hydrogens (tertiary/aromatic N) is 1. The third-order valence-electron chi connectivity index (χ3n) is 3.31. The van der Waals surface area contributed by atoms with Gasteiger partial charge in [-0.05, 0) is 18.4 Å². The van der Waals surface area contributed by atoms with Crippen molar-refractivity contribution in [2.75, 3.05) is 25.4 Å². The van der Waals surface area contributed by atoms with Gasteiger partial charge in [-0.25, -0.2) is 4.79 Å². The number of amides is 1. The molecule has 1 aromatic rings. The van der Waals surface area contributed by atoms with E-state index in [1.54, 1.807) is 0 Å². The van der Waals surface area contributed by atoms with Crippen molar-refractivity contribution in [3.8, 4) is 0 Å². The van der Waals surface area contributed by atoms with Crippen molar-refractivity contribution in [3.05, 3.63) is 35.9 Å². The maximum Gasteiger partial charge on any atom is 0.410 e. The lowest BCUT2D eigenvalue weighted by Crippen LogP contribution is -2.41. The third-order valence-corrected chi connectivity index (χ3v) is 4.64. The van der Waals surface area contributed by atoms with Crippen molar-refractivity contribution >= 4 is 17.9 Å². The number of ether oxygens (including phenoxy) is 1. The molecule has 0 aromatic heterocycles. The van der Waals surface area contributed by atoms with E-state index in [2.05, 4.69) is 0 Å². The molecule has 1 fully saturated rings. The van der Waals surface area contributed by atoms with Crippen LogP contribution in [0.2, 0.25) is 0 Å². The number of thioether (sulfide) groups is 1. The van der Waals surface area contributed by atoms with E-state index in [-0.39, 0.29) is 6.09 Å². The number of hydrogen-bond donors (Lipinski definition) is 1. The minimum Gasteiger partial charge on any atom is -0.445 e. The normalized spacial score (nSPS) is 18.9. The first-order valence-electron chi connectivity index (χ1n) is 7.07. The summed E-state index contributed by atoms with van der Waals surface area (Å²) in [4.78, 5) is 13.9. The molecule has 2 rings (SSSR count). The molecule has 110 valence electrons. The smallest absolute Gasteiger partial charge is 0.410 e. The molecule has 4 nitrogen and oxygen atoms in total. The van der Waals surface area contributed by atoms with E-state index >= 15 is 0 Å². The maximum atomic E-state index is 12.1. The fourth-order valence-electron chi connectivity index (χ4n) is 2.29. The van der Waals surface area contributed by atoms with E-state index in [1.807, 2.05) is 47.0 Å². The van der Waals surface area contributed by atoms with Crippen LogP contribution < -0.4 is 5.73 Å². The van der Waals surface area contributed by atoms with Crippen LogP contribution in [0, 0.1) is 0 Å². The lowest BCUT2D eigenvalue weighted by Gasteiger charge is -2.31. The number of rotatable bonds is 5. The van der Waals surface area contributed by atoms with Crippen LogP contribution in [-0.2, 0) is 11.3 Å². The van der Waals surface area contributed by atoms with E-state index in [0.717, 1.165) is 37.2 Å². The lowest BCUT2D eigenvalue weighted by molar-refractivity contribution is 0.0903. The predicted octanol–water partition coefficient (Wildman–Crippen LogP) is 2.48. The molecule has 0 spiro atoms. The molecule has 1 heterocycles. The van der Waals surface area contributed by atoms with E-state index in [0.29, 0.717) is 18.4 Å². The molecule has 1 aliphatic heterocycles. The molecule has 2 N–H and O–H groups in total. The number of carbonyl (C=O) groups is 1. The first kappa shape index (κ1) is 15.2. The SMILES string of the molecule is NCCS[C@@H]1CCCN(C(=O)OCc2ccccc2)C1. The summed E-state index contributed by atoms with van der Waals surface area (Å²) in [5.41, 5.74) is 6.55. The van der Waals surface area contributed by atoms with Gasteiger partial charge in [0.25, 0.3) is 0 Å². The fourth-order valence-corrected chi connectivity index (χ4v) is 3.37. The van der Waals surface area contributed by atoms with Crippen molar-refractivity contribution in [2.24, 2.45) is 5.73 Å². The van der Waals surface area contributed by atoms with Gasteiger partial charge in [0.1, 0.15) is 6.61 Å². The zero-order valence-corrected chi connectivity index (χ0v) is 12.5. The molecule has 0 unspecified atom stereocenters. The van der Waals surface area contributed by atoms with Gasteiger partial charge in [-0.15, -0.1) is 0 Å². The summed E-state index contributed by atoms with van der Waals surface area (Å²) in [6.45, 7) is 2.61. The van der Waals surface area contributed by atoms with Crippen molar-refractivity contribution in [1.82, 2.24) is 4.90 Å². The van der Waals surface area contributed by atoms with Gasteiger partial charge in [0.05, 0.1) is 0 Å². The topological polar surface area (TPSA) is 55.6 Å². The van der Waals surface area contributed by atoms with E-state index in [9.17, 15) is 4.79 Å². The monoisotopic (exact) mass is 294 g/mol. The van der Waals surface area contributed by atoms with Gasteiger partial charge < -0.3 is 15.4 Å². The van der Waals surface area contributed by atoms with Crippen LogP contribution in [0.5, 0.6) is 0 Å². The van der Waals surface area contributed by atoms with E-state index < -0.39 is 0 Å². The molecule has 0 aliphatic carbocycles. The first-order chi connectivity index (χ1) is 9.79. The molecule has 1 saturated heterocycles. The molecule has 5 heteroatoms. The number of nitrogens with two attached hydrogens (primary N) is 1.